The fraction of sp³-hybridized carbons (Fsp3) is 0.292. The van der Waals surface area contributed by atoms with E-state index in [1.54, 1.807) is 5.19 Å². The zero-order valence-corrected chi connectivity index (χ0v) is 32.5. The Kier molecular flexibility index (Phi) is 9.97. The molecule has 0 radical (unpaired) electrons. The molecule has 0 N–H and O–H groups in total. The Morgan fingerprint density at radius 2 is 1.36 bits per heavy atom. The summed E-state index contributed by atoms with van der Waals surface area (Å²) in [7, 11) is -2.27. The molecule has 0 aliphatic heterocycles. The molecule has 50 heavy (non-hydrogen) atoms. The average Bonchev–Trinajstić information content (AvgIpc) is 3.63. The van der Waals surface area contributed by atoms with E-state index in [-0.39, 0.29) is 10.8 Å². The molecular formula is C48H54OSi. The van der Waals surface area contributed by atoms with Crippen molar-refractivity contribution < 1.29 is 4.74 Å². The largest absolute Gasteiger partial charge is 0.489 e. The first kappa shape index (κ1) is 35.4. The van der Waals surface area contributed by atoms with E-state index in [4.69, 9.17) is 4.74 Å². The Morgan fingerprint density at radius 1 is 0.720 bits per heavy atom. The van der Waals surface area contributed by atoms with Gasteiger partial charge in [0.15, 0.2) is 0 Å². The van der Waals surface area contributed by atoms with Crippen LogP contribution in [0.5, 0.6) is 5.75 Å². The summed E-state index contributed by atoms with van der Waals surface area (Å²) in [5.41, 5.74) is 12.6. The highest BCUT2D eigenvalue weighted by molar-refractivity contribution is 7.03. The smallest absolute Gasteiger partial charge is 0.131 e. The van der Waals surface area contributed by atoms with Gasteiger partial charge in [0.05, 0.1) is 0 Å². The second-order valence-electron chi connectivity index (χ2n) is 15.2. The molecule has 2 heteroatoms. The average molecular weight is 675 g/mol. The fourth-order valence-electron chi connectivity index (χ4n) is 8.40. The van der Waals surface area contributed by atoms with Crippen LogP contribution >= 0.6 is 0 Å². The van der Waals surface area contributed by atoms with Gasteiger partial charge in [-0.1, -0.05) is 175 Å². The van der Waals surface area contributed by atoms with E-state index in [9.17, 15) is 0 Å². The Hall–Kier alpha value is -4.40. The van der Waals surface area contributed by atoms with Crippen LogP contribution in [0.1, 0.15) is 86.1 Å². The first-order valence-electron chi connectivity index (χ1n) is 18.4. The van der Waals surface area contributed by atoms with E-state index in [0.29, 0.717) is 6.61 Å². The maximum absolute atomic E-state index is 6.95. The van der Waals surface area contributed by atoms with E-state index in [1.165, 1.54) is 60.8 Å². The Morgan fingerprint density at radius 3 is 1.98 bits per heavy atom. The van der Waals surface area contributed by atoms with Gasteiger partial charge in [0.25, 0.3) is 0 Å². The SMILES string of the molecule is C=CCOc1c(-c2c([Si](CC)(CC)c3cccc4c3C=CC4)ccc(C)c2C)cc(C(C)(C)c2ccccc2)cc1C(C)(C)c1ccccc1. The van der Waals surface area contributed by atoms with Crippen LogP contribution in [-0.2, 0) is 17.3 Å². The Labute approximate surface area is 302 Å². The van der Waals surface area contributed by atoms with Crippen molar-refractivity contribution in [2.75, 3.05) is 6.61 Å². The number of hydrogen-bond donors (Lipinski definition) is 0. The van der Waals surface area contributed by atoms with E-state index in [2.05, 4.69) is 177 Å². The second-order valence-corrected chi connectivity index (χ2v) is 19.8. The number of aryl methyl sites for hydroxylation is 1. The van der Waals surface area contributed by atoms with Gasteiger partial charge >= 0.3 is 0 Å². The van der Waals surface area contributed by atoms with Crippen molar-refractivity contribution >= 4 is 24.5 Å². The van der Waals surface area contributed by atoms with Crippen LogP contribution in [-0.4, -0.2) is 14.7 Å². The summed E-state index contributed by atoms with van der Waals surface area (Å²) in [5, 5.41) is 3.08. The highest BCUT2D eigenvalue weighted by Gasteiger charge is 2.40. The maximum atomic E-state index is 6.95. The van der Waals surface area contributed by atoms with Gasteiger partial charge in [0.2, 0.25) is 0 Å². The van der Waals surface area contributed by atoms with Crippen LogP contribution in [0.15, 0.2) is 122 Å². The quantitative estimate of drug-likeness (QED) is 0.0945. The molecule has 0 saturated heterocycles. The number of hydrogen-bond acceptors (Lipinski definition) is 1. The molecule has 5 aromatic rings. The van der Waals surface area contributed by atoms with Crippen molar-refractivity contribution in [1.82, 2.24) is 0 Å². The summed E-state index contributed by atoms with van der Waals surface area (Å²) in [6.07, 6.45) is 7.63. The van der Waals surface area contributed by atoms with Crippen molar-refractivity contribution in [1.29, 1.82) is 0 Å². The summed E-state index contributed by atoms with van der Waals surface area (Å²) < 4.78 is 6.95. The van der Waals surface area contributed by atoms with Gasteiger partial charge in [-0.15, -0.1) is 0 Å². The van der Waals surface area contributed by atoms with Crippen LogP contribution in [0.2, 0.25) is 12.1 Å². The number of benzene rings is 5. The van der Waals surface area contributed by atoms with Crippen molar-refractivity contribution in [3.8, 4) is 16.9 Å². The molecule has 256 valence electrons. The molecule has 0 aromatic heterocycles. The van der Waals surface area contributed by atoms with Gasteiger partial charge < -0.3 is 4.74 Å². The molecule has 0 spiro atoms. The highest BCUT2D eigenvalue weighted by Crippen LogP contribution is 2.47. The van der Waals surface area contributed by atoms with Crippen LogP contribution in [0.3, 0.4) is 0 Å². The fourth-order valence-corrected chi connectivity index (χ4v) is 13.1. The van der Waals surface area contributed by atoms with Crippen LogP contribution < -0.4 is 15.1 Å². The van der Waals surface area contributed by atoms with E-state index in [0.717, 1.165) is 24.3 Å². The number of ether oxygens (including phenoxy) is 1. The molecule has 6 rings (SSSR count). The van der Waals surface area contributed by atoms with E-state index >= 15 is 0 Å². The summed E-state index contributed by atoms with van der Waals surface area (Å²) in [6.45, 7) is 23.4. The van der Waals surface area contributed by atoms with Crippen molar-refractivity contribution in [2.45, 2.75) is 84.7 Å². The van der Waals surface area contributed by atoms with Gasteiger partial charge in [-0.05, 0) is 81.2 Å². The van der Waals surface area contributed by atoms with Gasteiger partial charge in [-0.2, -0.15) is 0 Å². The number of fused-ring (bicyclic) bond motifs is 1. The summed E-state index contributed by atoms with van der Waals surface area (Å²) in [5.74, 6) is 0.967. The molecular weight excluding hydrogens is 621 g/mol. The summed E-state index contributed by atoms with van der Waals surface area (Å²) in [4.78, 5) is 0. The zero-order chi connectivity index (χ0) is 35.7. The Bertz CT molecular complexity index is 2030. The predicted octanol–water partition coefficient (Wildman–Crippen LogP) is 11.4. The zero-order valence-electron chi connectivity index (χ0n) is 31.5. The third-order valence-corrected chi connectivity index (χ3v) is 17.2. The minimum Gasteiger partial charge on any atom is -0.489 e. The van der Waals surface area contributed by atoms with E-state index < -0.39 is 8.07 Å². The topological polar surface area (TPSA) is 9.23 Å². The lowest BCUT2D eigenvalue weighted by atomic mass is 9.71. The minimum absolute atomic E-state index is 0.249. The predicted molar refractivity (Wildman–Crippen MR) is 219 cm³/mol. The molecule has 1 nitrogen and oxygen atoms in total. The first-order chi connectivity index (χ1) is 24.0. The molecule has 0 fully saturated rings. The lowest BCUT2D eigenvalue weighted by molar-refractivity contribution is 0.354. The lowest BCUT2D eigenvalue weighted by Crippen LogP contribution is -2.59. The molecule has 5 aromatic carbocycles. The third-order valence-electron chi connectivity index (χ3n) is 11.9. The van der Waals surface area contributed by atoms with Gasteiger partial charge in [0.1, 0.15) is 20.4 Å². The van der Waals surface area contributed by atoms with Gasteiger partial charge in [-0.3, -0.25) is 0 Å². The Balaban J connectivity index is 1.76. The highest BCUT2D eigenvalue weighted by atomic mass is 28.3. The van der Waals surface area contributed by atoms with Gasteiger partial charge in [0, 0.05) is 22.0 Å². The monoisotopic (exact) mass is 674 g/mol. The number of allylic oxidation sites excluding steroid dienone is 1. The first-order valence-corrected chi connectivity index (χ1v) is 20.9. The number of rotatable bonds is 12. The van der Waals surface area contributed by atoms with E-state index in [1.807, 2.05) is 6.08 Å². The molecule has 1 aliphatic carbocycles. The van der Waals surface area contributed by atoms with Gasteiger partial charge in [-0.25, -0.2) is 0 Å². The molecule has 0 unspecified atom stereocenters. The van der Waals surface area contributed by atoms with Crippen LogP contribution in [0.4, 0.5) is 0 Å². The van der Waals surface area contributed by atoms with Crippen LogP contribution in [0.25, 0.3) is 17.2 Å². The second kappa shape index (κ2) is 14.1. The molecule has 0 amide bonds. The molecule has 0 saturated carbocycles. The molecule has 1 aliphatic rings. The molecule has 0 heterocycles. The van der Waals surface area contributed by atoms with Crippen LogP contribution in [0, 0.1) is 13.8 Å². The van der Waals surface area contributed by atoms with Crippen molar-refractivity contribution in [2.24, 2.45) is 0 Å². The maximum Gasteiger partial charge on any atom is 0.131 e. The summed E-state index contributed by atoms with van der Waals surface area (Å²) in [6, 6.07) is 41.0. The van der Waals surface area contributed by atoms with Crippen molar-refractivity contribution in [3.63, 3.8) is 0 Å². The standard InChI is InChI=1S/C48H54OSi/c1-10-31-49-46-41(32-39(47(6,7)37-23-15-13-16-24-37)33-42(46)48(8,9)38-25-17-14-18-26-38)45-35(5)34(4)29-30-44(45)50(11-2,12-3)43-28-20-22-36-21-19-27-40(36)43/h10,13-20,22-30,32-33H,1,11-12,21,31H2,2-9H3. The molecule has 0 bridgehead atoms. The molecule has 0 atom stereocenters. The minimum atomic E-state index is -2.27. The normalized spacial score (nSPS) is 13.0. The third kappa shape index (κ3) is 6.02. The lowest BCUT2D eigenvalue weighted by Gasteiger charge is -2.37. The van der Waals surface area contributed by atoms with Crippen molar-refractivity contribution in [3.05, 3.63) is 166 Å². The summed E-state index contributed by atoms with van der Waals surface area (Å²) >= 11 is 0.